The van der Waals surface area contributed by atoms with E-state index in [1.165, 1.54) is 0 Å². The maximum absolute atomic E-state index is 12.0. The van der Waals surface area contributed by atoms with E-state index in [1.807, 2.05) is 30.5 Å². The summed E-state index contributed by atoms with van der Waals surface area (Å²) in [5, 5.41) is 12.1. The SMILES string of the molecule is COC[C@H](C)NC(=O)N(C)Cc1cc(-c2cccs2)n[nH]1. The largest absolute Gasteiger partial charge is 0.383 e. The molecule has 2 heterocycles. The Bertz CT molecular complexity index is 567. The molecular weight excluding hydrogens is 288 g/mol. The first kappa shape index (κ1) is 15.5. The lowest BCUT2D eigenvalue weighted by atomic mass is 10.3. The molecule has 0 unspecified atom stereocenters. The molecule has 7 heteroatoms. The molecule has 1 atom stereocenters. The van der Waals surface area contributed by atoms with Crippen LogP contribution in [0.15, 0.2) is 23.6 Å². The number of carbonyl (C=O) groups is 1. The first-order valence-electron chi connectivity index (χ1n) is 6.69. The average molecular weight is 308 g/mol. The summed E-state index contributed by atoms with van der Waals surface area (Å²) in [6, 6.07) is 5.83. The maximum Gasteiger partial charge on any atom is 0.317 e. The van der Waals surface area contributed by atoms with Crippen molar-refractivity contribution in [3.63, 3.8) is 0 Å². The molecule has 114 valence electrons. The van der Waals surface area contributed by atoms with Crippen LogP contribution in [-0.2, 0) is 11.3 Å². The third-order valence-corrected chi connectivity index (χ3v) is 3.84. The fraction of sp³-hybridized carbons (Fsp3) is 0.429. The molecule has 2 aromatic heterocycles. The van der Waals surface area contributed by atoms with Gasteiger partial charge in [-0.05, 0) is 24.4 Å². The van der Waals surface area contributed by atoms with Gasteiger partial charge >= 0.3 is 6.03 Å². The number of carbonyl (C=O) groups excluding carboxylic acids is 1. The third kappa shape index (κ3) is 4.30. The van der Waals surface area contributed by atoms with Gasteiger partial charge in [-0.25, -0.2) is 4.79 Å². The lowest BCUT2D eigenvalue weighted by molar-refractivity contribution is 0.162. The highest BCUT2D eigenvalue weighted by atomic mass is 32.1. The molecular formula is C14H20N4O2S. The maximum atomic E-state index is 12.0. The summed E-state index contributed by atoms with van der Waals surface area (Å²) in [6.07, 6.45) is 0. The van der Waals surface area contributed by atoms with Gasteiger partial charge < -0.3 is 15.0 Å². The van der Waals surface area contributed by atoms with E-state index < -0.39 is 0 Å². The van der Waals surface area contributed by atoms with Crippen LogP contribution in [0.1, 0.15) is 12.6 Å². The predicted octanol–water partition coefficient (Wildman–Crippen LogP) is 2.31. The van der Waals surface area contributed by atoms with Gasteiger partial charge in [0.25, 0.3) is 0 Å². The molecule has 0 bridgehead atoms. The first-order valence-corrected chi connectivity index (χ1v) is 7.57. The number of nitrogens with zero attached hydrogens (tertiary/aromatic N) is 2. The summed E-state index contributed by atoms with van der Waals surface area (Å²) in [5.74, 6) is 0. The van der Waals surface area contributed by atoms with Crippen molar-refractivity contribution in [1.29, 1.82) is 0 Å². The summed E-state index contributed by atoms with van der Waals surface area (Å²) in [4.78, 5) is 14.7. The lowest BCUT2D eigenvalue weighted by Crippen LogP contribution is -2.43. The van der Waals surface area contributed by atoms with Crippen LogP contribution >= 0.6 is 11.3 Å². The Kier molecular flexibility index (Phi) is 5.35. The number of hydrogen-bond acceptors (Lipinski definition) is 4. The van der Waals surface area contributed by atoms with Crippen molar-refractivity contribution in [2.24, 2.45) is 0 Å². The van der Waals surface area contributed by atoms with Crippen LogP contribution in [0, 0.1) is 0 Å². The van der Waals surface area contributed by atoms with Gasteiger partial charge in [0.1, 0.15) is 5.69 Å². The fourth-order valence-corrected chi connectivity index (χ4v) is 2.62. The van der Waals surface area contributed by atoms with Crippen molar-refractivity contribution in [3.8, 4) is 10.6 Å². The van der Waals surface area contributed by atoms with E-state index in [-0.39, 0.29) is 12.1 Å². The van der Waals surface area contributed by atoms with Crippen LogP contribution in [-0.4, -0.2) is 47.9 Å². The number of aromatic nitrogens is 2. The van der Waals surface area contributed by atoms with Gasteiger partial charge in [-0.15, -0.1) is 11.3 Å². The van der Waals surface area contributed by atoms with Crippen molar-refractivity contribution < 1.29 is 9.53 Å². The second-order valence-corrected chi connectivity index (χ2v) is 5.87. The normalized spacial score (nSPS) is 12.1. The average Bonchev–Trinajstić information content (AvgIpc) is 3.08. The monoisotopic (exact) mass is 308 g/mol. The number of urea groups is 1. The van der Waals surface area contributed by atoms with E-state index in [2.05, 4.69) is 15.5 Å². The molecule has 0 aliphatic carbocycles. The van der Waals surface area contributed by atoms with Crippen LogP contribution in [0.4, 0.5) is 4.79 Å². The van der Waals surface area contributed by atoms with Gasteiger partial charge in [0.15, 0.2) is 0 Å². The second kappa shape index (κ2) is 7.24. The summed E-state index contributed by atoms with van der Waals surface area (Å²) in [7, 11) is 3.36. The van der Waals surface area contributed by atoms with Crippen molar-refractivity contribution in [2.75, 3.05) is 20.8 Å². The first-order chi connectivity index (χ1) is 10.1. The van der Waals surface area contributed by atoms with Crippen LogP contribution in [0.25, 0.3) is 10.6 Å². The minimum atomic E-state index is -0.133. The molecule has 0 radical (unpaired) electrons. The number of nitrogens with one attached hydrogen (secondary N) is 2. The standard InChI is InChI=1S/C14H20N4O2S/c1-10(9-20-3)15-14(19)18(2)8-11-7-12(17-16-11)13-5-4-6-21-13/h4-7,10H,8-9H2,1-3H3,(H,15,19)(H,16,17)/t10-/m0/s1. The molecule has 2 rings (SSSR count). The number of methoxy groups -OCH3 is 1. The molecule has 0 saturated carbocycles. The van der Waals surface area contributed by atoms with Crippen LogP contribution in [0.5, 0.6) is 0 Å². The molecule has 21 heavy (non-hydrogen) atoms. The van der Waals surface area contributed by atoms with E-state index in [0.29, 0.717) is 13.2 Å². The van der Waals surface area contributed by atoms with Crippen molar-refractivity contribution in [2.45, 2.75) is 19.5 Å². The lowest BCUT2D eigenvalue weighted by Gasteiger charge is -2.20. The van der Waals surface area contributed by atoms with Gasteiger partial charge in [-0.2, -0.15) is 5.10 Å². The van der Waals surface area contributed by atoms with Crippen LogP contribution in [0.2, 0.25) is 0 Å². The highest BCUT2D eigenvalue weighted by molar-refractivity contribution is 7.13. The Morgan fingerprint density at radius 3 is 3.10 bits per heavy atom. The molecule has 2 amide bonds. The Labute approximate surface area is 128 Å². The summed E-state index contributed by atoms with van der Waals surface area (Å²) in [5.41, 5.74) is 1.80. The summed E-state index contributed by atoms with van der Waals surface area (Å²) < 4.78 is 5.00. The van der Waals surface area contributed by atoms with Gasteiger partial charge in [0, 0.05) is 14.2 Å². The summed E-state index contributed by atoms with van der Waals surface area (Å²) >= 11 is 1.64. The topological polar surface area (TPSA) is 70.2 Å². The van der Waals surface area contributed by atoms with Gasteiger partial charge in [-0.1, -0.05) is 6.07 Å². The Morgan fingerprint density at radius 2 is 2.43 bits per heavy atom. The van der Waals surface area contributed by atoms with Crippen LogP contribution < -0.4 is 5.32 Å². The number of hydrogen-bond donors (Lipinski definition) is 2. The molecule has 0 fully saturated rings. The van der Waals surface area contributed by atoms with Gasteiger partial charge in [0.05, 0.1) is 29.8 Å². The third-order valence-electron chi connectivity index (χ3n) is 2.95. The van der Waals surface area contributed by atoms with Crippen molar-refractivity contribution in [1.82, 2.24) is 20.4 Å². The van der Waals surface area contributed by atoms with E-state index in [9.17, 15) is 4.79 Å². The molecule has 0 spiro atoms. The van der Waals surface area contributed by atoms with Gasteiger partial charge in [0.2, 0.25) is 0 Å². The highest BCUT2D eigenvalue weighted by Gasteiger charge is 2.13. The molecule has 2 aromatic rings. The minimum Gasteiger partial charge on any atom is -0.383 e. The van der Waals surface area contributed by atoms with E-state index in [0.717, 1.165) is 16.3 Å². The molecule has 0 aromatic carbocycles. The highest BCUT2D eigenvalue weighted by Crippen LogP contribution is 2.23. The van der Waals surface area contributed by atoms with E-state index in [4.69, 9.17) is 4.74 Å². The number of H-pyrrole nitrogens is 1. The fourth-order valence-electron chi connectivity index (χ4n) is 1.93. The summed E-state index contributed by atoms with van der Waals surface area (Å²) in [6.45, 7) is 2.87. The zero-order chi connectivity index (χ0) is 15.2. The number of aromatic amines is 1. The number of rotatable bonds is 6. The van der Waals surface area contributed by atoms with E-state index in [1.54, 1.807) is 30.4 Å². The van der Waals surface area contributed by atoms with Crippen molar-refractivity contribution in [3.05, 3.63) is 29.3 Å². The van der Waals surface area contributed by atoms with Gasteiger partial charge in [-0.3, -0.25) is 5.10 Å². The number of thiophene rings is 1. The van der Waals surface area contributed by atoms with Crippen LogP contribution in [0.3, 0.4) is 0 Å². The quantitative estimate of drug-likeness (QED) is 0.860. The zero-order valence-corrected chi connectivity index (χ0v) is 13.2. The second-order valence-electron chi connectivity index (χ2n) is 4.92. The van der Waals surface area contributed by atoms with E-state index >= 15 is 0 Å². The zero-order valence-electron chi connectivity index (χ0n) is 12.4. The Hall–Kier alpha value is -1.86. The minimum absolute atomic E-state index is 0.0200. The Morgan fingerprint density at radius 1 is 1.62 bits per heavy atom. The predicted molar refractivity (Wildman–Crippen MR) is 83.2 cm³/mol. The molecule has 0 saturated heterocycles. The molecule has 0 aliphatic rings. The molecule has 6 nitrogen and oxygen atoms in total. The smallest absolute Gasteiger partial charge is 0.317 e. The van der Waals surface area contributed by atoms with Crippen molar-refractivity contribution >= 4 is 17.4 Å². The molecule has 0 aliphatic heterocycles. The number of amides is 2. The Balaban J connectivity index is 1.90. The number of ether oxygens (including phenoxy) is 1. The molecule has 2 N–H and O–H groups in total.